The third kappa shape index (κ3) is 4.43. The minimum absolute atomic E-state index is 0.116. The summed E-state index contributed by atoms with van der Waals surface area (Å²) < 4.78 is 16.0. The SMILES string of the molecule is COc1ccc(Nc2cc(C(=O)NCC3CCCO3)ccn2)cc1OC. The first-order valence-electron chi connectivity index (χ1n) is 8.54. The van der Waals surface area contributed by atoms with Crippen LogP contribution in [0.4, 0.5) is 11.5 Å². The average molecular weight is 357 g/mol. The van der Waals surface area contributed by atoms with Crippen molar-refractivity contribution in [3.63, 3.8) is 0 Å². The molecule has 138 valence electrons. The van der Waals surface area contributed by atoms with Crippen molar-refractivity contribution < 1.29 is 19.0 Å². The lowest BCUT2D eigenvalue weighted by Crippen LogP contribution is -2.31. The van der Waals surface area contributed by atoms with Crippen LogP contribution in [-0.4, -0.2) is 44.4 Å². The topological polar surface area (TPSA) is 81.7 Å². The Morgan fingerprint density at radius 1 is 1.23 bits per heavy atom. The number of amides is 1. The number of carbonyl (C=O) groups excluding carboxylic acids is 1. The molecule has 1 aliphatic rings. The molecule has 26 heavy (non-hydrogen) atoms. The molecule has 1 amide bonds. The Kier molecular flexibility index (Phi) is 5.91. The van der Waals surface area contributed by atoms with Gasteiger partial charge in [0.05, 0.1) is 20.3 Å². The van der Waals surface area contributed by atoms with Gasteiger partial charge in [-0.15, -0.1) is 0 Å². The van der Waals surface area contributed by atoms with Gasteiger partial charge in [-0.2, -0.15) is 0 Å². The molecule has 0 saturated carbocycles. The Labute approximate surface area is 152 Å². The number of anilines is 2. The summed E-state index contributed by atoms with van der Waals surface area (Å²) in [6, 6.07) is 8.86. The van der Waals surface area contributed by atoms with E-state index in [1.807, 2.05) is 12.1 Å². The number of aromatic nitrogens is 1. The zero-order chi connectivity index (χ0) is 18.4. The van der Waals surface area contributed by atoms with E-state index in [9.17, 15) is 4.79 Å². The molecule has 2 heterocycles. The van der Waals surface area contributed by atoms with E-state index < -0.39 is 0 Å². The van der Waals surface area contributed by atoms with Crippen molar-refractivity contribution in [1.82, 2.24) is 10.3 Å². The molecule has 7 nitrogen and oxygen atoms in total. The van der Waals surface area contributed by atoms with Crippen LogP contribution >= 0.6 is 0 Å². The molecule has 0 bridgehead atoms. The van der Waals surface area contributed by atoms with E-state index in [1.54, 1.807) is 38.6 Å². The van der Waals surface area contributed by atoms with Gasteiger partial charge in [0.25, 0.3) is 5.91 Å². The van der Waals surface area contributed by atoms with Gasteiger partial charge < -0.3 is 24.8 Å². The molecule has 0 aliphatic carbocycles. The van der Waals surface area contributed by atoms with Gasteiger partial charge in [-0.1, -0.05) is 0 Å². The first-order valence-corrected chi connectivity index (χ1v) is 8.54. The van der Waals surface area contributed by atoms with E-state index in [0.29, 0.717) is 29.4 Å². The maximum absolute atomic E-state index is 12.3. The molecule has 3 rings (SSSR count). The van der Waals surface area contributed by atoms with Crippen molar-refractivity contribution in [2.75, 3.05) is 32.7 Å². The van der Waals surface area contributed by atoms with Gasteiger partial charge in [0.15, 0.2) is 11.5 Å². The Bertz CT molecular complexity index is 760. The normalized spacial score (nSPS) is 16.2. The number of carbonyl (C=O) groups is 1. The second-order valence-electron chi connectivity index (χ2n) is 5.97. The molecule has 0 spiro atoms. The van der Waals surface area contributed by atoms with Gasteiger partial charge in [-0.05, 0) is 37.1 Å². The van der Waals surface area contributed by atoms with Gasteiger partial charge in [0, 0.05) is 36.7 Å². The minimum atomic E-state index is -0.140. The van der Waals surface area contributed by atoms with Crippen LogP contribution in [0.5, 0.6) is 11.5 Å². The zero-order valence-electron chi connectivity index (χ0n) is 15.0. The van der Waals surface area contributed by atoms with Crippen molar-refractivity contribution >= 4 is 17.4 Å². The number of rotatable bonds is 7. The fourth-order valence-corrected chi connectivity index (χ4v) is 2.82. The van der Waals surface area contributed by atoms with Crippen LogP contribution in [0.2, 0.25) is 0 Å². The highest BCUT2D eigenvalue weighted by molar-refractivity contribution is 5.94. The summed E-state index contributed by atoms with van der Waals surface area (Å²) in [6.45, 7) is 1.30. The molecule has 7 heteroatoms. The van der Waals surface area contributed by atoms with Crippen LogP contribution in [-0.2, 0) is 4.74 Å². The van der Waals surface area contributed by atoms with Crippen molar-refractivity contribution in [1.29, 1.82) is 0 Å². The third-order valence-corrected chi connectivity index (χ3v) is 4.19. The Morgan fingerprint density at radius 3 is 2.81 bits per heavy atom. The van der Waals surface area contributed by atoms with E-state index in [4.69, 9.17) is 14.2 Å². The molecule has 1 unspecified atom stereocenters. The quantitative estimate of drug-likeness (QED) is 0.793. The predicted octanol–water partition coefficient (Wildman–Crippen LogP) is 2.75. The van der Waals surface area contributed by atoms with E-state index in [-0.39, 0.29) is 12.0 Å². The van der Waals surface area contributed by atoms with Crippen molar-refractivity contribution in [2.24, 2.45) is 0 Å². The van der Waals surface area contributed by atoms with Crippen LogP contribution in [0.15, 0.2) is 36.5 Å². The number of benzene rings is 1. The largest absolute Gasteiger partial charge is 0.493 e. The zero-order valence-corrected chi connectivity index (χ0v) is 15.0. The monoisotopic (exact) mass is 357 g/mol. The lowest BCUT2D eigenvalue weighted by atomic mass is 10.2. The molecular weight excluding hydrogens is 334 g/mol. The summed E-state index contributed by atoms with van der Waals surface area (Å²) in [6.07, 6.45) is 3.76. The van der Waals surface area contributed by atoms with Crippen molar-refractivity contribution in [3.05, 3.63) is 42.1 Å². The maximum Gasteiger partial charge on any atom is 0.251 e. The molecule has 1 aliphatic heterocycles. The molecular formula is C19H23N3O4. The summed E-state index contributed by atoms with van der Waals surface area (Å²) in [7, 11) is 3.17. The summed E-state index contributed by atoms with van der Waals surface area (Å²) in [5.41, 5.74) is 1.33. The molecule has 2 aromatic rings. The fourth-order valence-electron chi connectivity index (χ4n) is 2.82. The smallest absolute Gasteiger partial charge is 0.251 e. The molecule has 1 atom stereocenters. The minimum Gasteiger partial charge on any atom is -0.493 e. The first kappa shape index (κ1) is 18.0. The highest BCUT2D eigenvalue weighted by Crippen LogP contribution is 2.30. The molecule has 1 aromatic carbocycles. The fraction of sp³-hybridized carbons (Fsp3) is 0.368. The Balaban J connectivity index is 1.66. The lowest BCUT2D eigenvalue weighted by Gasteiger charge is -2.12. The van der Waals surface area contributed by atoms with Crippen LogP contribution in [0.25, 0.3) is 0 Å². The highest BCUT2D eigenvalue weighted by Gasteiger charge is 2.17. The molecule has 2 N–H and O–H groups in total. The van der Waals surface area contributed by atoms with Crippen molar-refractivity contribution in [2.45, 2.75) is 18.9 Å². The number of hydrogen-bond acceptors (Lipinski definition) is 6. The van der Waals surface area contributed by atoms with E-state index in [1.165, 1.54) is 0 Å². The third-order valence-electron chi connectivity index (χ3n) is 4.19. The molecule has 1 fully saturated rings. The number of pyridine rings is 1. The van der Waals surface area contributed by atoms with Gasteiger partial charge in [0.2, 0.25) is 0 Å². The van der Waals surface area contributed by atoms with Gasteiger partial charge in [-0.25, -0.2) is 4.98 Å². The summed E-state index contributed by atoms with van der Waals surface area (Å²) in [5, 5.41) is 6.08. The van der Waals surface area contributed by atoms with Crippen LogP contribution in [0, 0.1) is 0 Å². The van der Waals surface area contributed by atoms with Gasteiger partial charge in [0.1, 0.15) is 5.82 Å². The summed E-state index contributed by atoms with van der Waals surface area (Å²) >= 11 is 0. The predicted molar refractivity (Wildman–Crippen MR) is 98.4 cm³/mol. The molecule has 1 aromatic heterocycles. The lowest BCUT2D eigenvalue weighted by molar-refractivity contribution is 0.0857. The Hall–Kier alpha value is -2.80. The molecule has 1 saturated heterocycles. The number of methoxy groups -OCH3 is 2. The number of ether oxygens (including phenoxy) is 3. The second-order valence-corrected chi connectivity index (χ2v) is 5.97. The van der Waals surface area contributed by atoms with Crippen molar-refractivity contribution in [3.8, 4) is 11.5 Å². The Morgan fingerprint density at radius 2 is 2.08 bits per heavy atom. The first-order chi connectivity index (χ1) is 12.7. The highest BCUT2D eigenvalue weighted by atomic mass is 16.5. The van der Waals surface area contributed by atoms with E-state index in [2.05, 4.69) is 15.6 Å². The van der Waals surface area contributed by atoms with Gasteiger partial charge >= 0.3 is 0 Å². The summed E-state index contributed by atoms with van der Waals surface area (Å²) in [5.74, 6) is 1.69. The van der Waals surface area contributed by atoms with E-state index in [0.717, 1.165) is 25.1 Å². The van der Waals surface area contributed by atoms with Crippen LogP contribution in [0.3, 0.4) is 0 Å². The number of nitrogens with zero attached hydrogens (tertiary/aromatic N) is 1. The standard InChI is InChI=1S/C19H23N3O4/c1-24-16-6-5-14(11-17(16)25-2)22-18-10-13(7-8-20-18)19(23)21-12-15-4-3-9-26-15/h5-8,10-11,15H,3-4,9,12H2,1-2H3,(H,20,22)(H,21,23). The molecule has 0 radical (unpaired) electrons. The second kappa shape index (κ2) is 8.53. The van der Waals surface area contributed by atoms with Crippen LogP contribution in [0.1, 0.15) is 23.2 Å². The van der Waals surface area contributed by atoms with Crippen LogP contribution < -0.4 is 20.1 Å². The number of hydrogen-bond donors (Lipinski definition) is 2. The summed E-state index contributed by atoms with van der Waals surface area (Å²) in [4.78, 5) is 16.6. The van der Waals surface area contributed by atoms with E-state index >= 15 is 0 Å². The maximum atomic E-state index is 12.3. The number of nitrogens with one attached hydrogen (secondary N) is 2. The van der Waals surface area contributed by atoms with Gasteiger partial charge in [-0.3, -0.25) is 4.79 Å². The average Bonchev–Trinajstić information content (AvgIpc) is 3.20.